The van der Waals surface area contributed by atoms with E-state index in [0.717, 1.165) is 0 Å². The Balaban J connectivity index is 3.12. The van der Waals surface area contributed by atoms with Gasteiger partial charge in [-0.15, -0.1) is 0 Å². The molecule has 0 saturated carbocycles. The third-order valence-electron chi connectivity index (χ3n) is 2.50. The van der Waals surface area contributed by atoms with Gasteiger partial charge < -0.3 is 14.2 Å². The number of esters is 1. The number of ether oxygens (including phenoxy) is 3. The summed E-state index contributed by atoms with van der Waals surface area (Å²) in [5, 5.41) is 0. The van der Waals surface area contributed by atoms with Crippen LogP contribution in [0.4, 0.5) is 0 Å². The van der Waals surface area contributed by atoms with E-state index in [2.05, 4.69) is 0 Å². The van der Waals surface area contributed by atoms with Gasteiger partial charge in [0.05, 0.1) is 19.8 Å². The van der Waals surface area contributed by atoms with Gasteiger partial charge in [0.15, 0.2) is 0 Å². The highest BCUT2D eigenvalue weighted by molar-refractivity contribution is 5.89. The number of carbonyl (C=O) groups is 2. The van der Waals surface area contributed by atoms with Crippen LogP contribution in [0.5, 0.6) is 11.5 Å². The van der Waals surface area contributed by atoms with Gasteiger partial charge in [-0.2, -0.15) is 0 Å². The van der Waals surface area contributed by atoms with Crippen molar-refractivity contribution in [1.82, 2.24) is 0 Å². The van der Waals surface area contributed by atoms with Crippen molar-refractivity contribution in [2.75, 3.05) is 14.2 Å². The number of rotatable bonds is 5. The molecule has 1 rings (SSSR count). The quantitative estimate of drug-likeness (QED) is 0.474. The maximum Gasteiger partial charge on any atom is 0.331 e. The fourth-order valence-electron chi connectivity index (χ4n) is 1.68. The molecular weight excluding hydrogens is 272 g/mol. The van der Waals surface area contributed by atoms with E-state index in [1.54, 1.807) is 39.0 Å². The zero-order chi connectivity index (χ0) is 16.0. The van der Waals surface area contributed by atoms with Crippen molar-refractivity contribution in [3.63, 3.8) is 0 Å². The van der Waals surface area contributed by atoms with Gasteiger partial charge in [-0.25, -0.2) is 4.79 Å². The summed E-state index contributed by atoms with van der Waals surface area (Å²) in [5.74, 6) is 0.415. The molecule has 0 heterocycles. The molecule has 0 aliphatic rings. The van der Waals surface area contributed by atoms with E-state index >= 15 is 0 Å². The van der Waals surface area contributed by atoms with Gasteiger partial charge in [0.25, 0.3) is 0 Å². The van der Waals surface area contributed by atoms with Gasteiger partial charge in [0.1, 0.15) is 23.4 Å². The summed E-state index contributed by atoms with van der Waals surface area (Å²) >= 11 is 0. The smallest absolute Gasteiger partial charge is 0.331 e. The monoisotopic (exact) mass is 292 g/mol. The lowest BCUT2D eigenvalue weighted by Gasteiger charge is -2.18. The molecule has 21 heavy (non-hydrogen) atoms. The van der Waals surface area contributed by atoms with Crippen LogP contribution in [0.25, 0.3) is 6.08 Å². The number of hydrogen-bond donors (Lipinski definition) is 0. The van der Waals surface area contributed by atoms with Crippen molar-refractivity contribution in [3.8, 4) is 11.5 Å². The Hall–Kier alpha value is -2.30. The molecule has 0 radical (unpaired) electrons. The van der Waals surface area contributed by atoms with Crippen molar-refractivity contribution >= 4 is 18.3 Å². The molecule has 0 saturated heterocycles. The largest absolute Gasteiger partial charge is 0.496 e. The van der Waals surface area contributed by atoms with Gasteiger partial charge in [0.2, 0.25) is 0 Å². The summed E-state index contributed by atoms with van der Waals surface area (Å²) in [6.45, 7) is 5.37. The SMILES string of the molecule is COc1cc(C=O)cc(OC)c1/C=C/C(=O)OC(C)(C)C. The predicted molar refractivity (Wildman–Crippen MR) is 79.8 cm³/mol. The van der Waals surface area contributed by atoms with Gasteiger partial charge >= 0.3 is 5.97 Å². The van der Waals surface area contributed by atoms with E-state index < -0.39 is 11.6 Å². The molecule has 0 spiro atoms. The summed E-state index contributed by atoms with van der Waals surface area (Å²) in [5.41, 5.74) is 0.436. The highest BCUT2D eigenvalue weighted by Gasteiger charge is 2.15. The second kappa shape index (κ2) is 6.92. The minimum atomic E-state index is -0.559. The Morgan fingerprint density at radius 2 is 1.62 bits per heavy atom. The lowest BCUT2D eigenvalue weighted by atomic mass is 10.1. The second-order valence-electron chi connectivity index (χ2n) is 5.32. The molecule has 0 bridgehead atoms. The fraction of sp³-hybridized carbons (Fsp3) is 0.375. The molecule has 0 N–H and O–H groups in total. The van der Waals surface area contributed by atoms with E-state index in [1.165, 1.54) is 20.3 Å². The number of hydrogen-bond acceptors (Lipinski definition) is 5. The van der Waals surface area contributed by atoms with Gasteiger partial charge in [-0.1, -0.05) is 0 Å². The van der Waals surface area contributed by atoms with Crippen LogP contribution in [0, 0.1) is 0 Å². The van der Waals surface area contributed by atoms with E-state index in [4.69, 9.17) is 14.2 Å². The first-order valence-corrected chi connectivity index (χ1v) is 6.43. The standard InChI is InChI=1S/C16H20O5/c1-16(2,3)21-15(18)7-6-12-13(19-4)8-11(10-17)9-14(12)20-5/h6-10H,1-5H3/b7-6+. The van der Waals surface area contributed by atoms with Crippen LogP contribution in [-0.4, -0.2) is 32.1 Å². The number of carbonyl (C=O) groups excluding carboxylic acids is 2. The van der Waals surface area contributed by atoms with Crippen LogP contribution >= 0.6 is 0 Å². The molecule has 1 aromatic carbocycles. The lowest BCUT2D eigenvalue weighted by molar-refractivity contribution is -0.148. The van der Waals surface area contributed by atoms with Gasteiger partial charge in [-0.3, -0.25) is 4.79 Å². The molecule has 0 aliphatic carbocycles. The maximum absolute atomic E-state index is 11.7. The Labute approximate surface area is 124 Å². The molecule has 0 unspecified atom stereocenters. The molecule has 1 aromatic rings. The van der Waals surface area contributed by atoms with E-state index in [0.29, 0.717) is 28.9 Å². The van der Waals surface area contributed by atoms with Crippen LogP contribution in [-0.2, 0) is 9.53 Å². The fourth-order valence-corrected chi connectivity index (χ4v) is 1.68. The molecule has 0 aromatic heterocycles. The molecule has 0 amide bonds. The number of methoxy groups -OCH3 is 2. The van der Waals surface area contributed by atoms with Crippen LogP contribution < -0.4 is 9.47 Å². The Kier molecular flexibility index (Phi) is 5.52. The van der Waals surface area contributed by atoms with Crippen LogP contribution in [0.15, 0.2) is 18.2 Å². The highest BCUT2D eigenvalue weighted by Crippen LogP contribution is 2.31. The van der Waals surface area contributed by atoms with Crippen molar-refractivity contribution in [3.05, 3.63) is 29.3 Å². The van der Waals surface area contributed by atoms with Crippen molar-refractivity contribution in [2.24, 2.45) is 0 Å². The van der Waals surface area contributed by atoms with E-state index in [-0.39, 0.29) is 0 Å². The predicted octanol–water partition coefficient (Wildman–Crippen LogP) is 2.87. The van der Waals surface area contributed by atoms with E-state index in [9.17, 15) is 9.59 Å². The third-order valence-corrected chi connectivity index (χ3v) is 2.50. The zero-order valence-electron chi connectivity index (χ0n) is 12.9. The maximum atomic E-state index is 11.7. The summed E-state index contributed by atoms with van der Waals surface area (Å²) < 4.78 is 15.6. The van der Waals surface area contributed by atoms with E-state index in [1.807, 2.05) is 0 Å². The topological polar surface area (TPSA) is 61.8 Å². The molecule has 114 valence electrons. The zero-order valence-corrected chi connectivity index (χ0v) is 12.9. The lowest BCUT2D eigenvalue weighted by Crippen LogP contribution is -2.22. The van der Waals surface area contributed by atoms with Gasteiger partial charge in [0, 0.05) is 11.6 Å². The molecule has 5 heteroatoms. The first kappa shape index (κ1) is 16.8. The number of aldehydes is 1. The summed E-state index contributed by atoms with van der Waals surface area (Å²) in [6, 6.07) is 3.15. The van der Waals surface area contributed by atoms with Crippen LogP contribution in [0.3, 0.4) is 0 Å². The van der Waals surface area contributed by atoms with Crippen molar-refractivity contribution < 1.29 is 23.8 Å². The third kappa shape index (κ3) is 4.95. The average molecular weight is 292 g/mol. The van der Waals surface area contributed by atoms with Gasteiger partial charge in [-0.05, 0) is 39.0 Å². The second-order valence-corrected chi connectivity index (χ2v) is 5.32. The van der Waals surface area contributed by atoms with Crippen molar-refractivity contribution in [1.29, 1.82) is 0 Å². The van der Waals surface area contributed by atoms with Crippen molar-refractivity contribution in [2.45, 2.75) is 26.4 Å². The molecule has 5 nitrogen and oxygen atoms in total. The minimum absolute atomic E-state index is 0.429. The minimum Gasteiger partial charge on any atom is -0.496 e. The Bertz CT molecular complexity index is 527. The highest BCUT2D eigenvalue weighted by atomic mass is 16.6. The first-order valence-electron chi connectivity index (χ1n) is 6.43. The number of benzene rings is 1. The normalized spacial score (nSPS) is 11.3. The Morgan fingerprint density at radius 1 is 1.10 bits per heavy atom. The molecule has 0 fully saturated rings. The molecule has 0 aliphatic heterocycles. The first-order chi connectivity index (χ1) is 9.80. The average Bonchev–Trinajstić information content (AvgIpc) is 2.42. The molecular formula is C16H20O5. The molecule has 0 atom stereocenters. The van der Waals surface area contributed by atoms with Crippen LogP contribution in [0.1, 0.15) is 36.7 Å². The summed E-state index contributed by atoms with van der Waals surface area (Å²) in [6.07, 6.45) is 3.54. The Morgan fingerprint density at radius 3 is 2.00 bits per heavy atom. The summed E-state index contributed by atoms with van der Waals surface area (Å²) in [7, 11) is 2.96. The van der Waals surface area contributed by atoms with Crippen LogP contribution in [0.2, 0.25) is 0 Å². The summed E-state index contributed by atoms with van der Waals surface area (Å²) in [4.78, 5) is 22.6.